The van der Waals surface area contributed by atoms with Gasteiger partial charge in [-0.25, -0.2) is 16.8 Å². The van der Waals surface area contributed by atoms with E-state index in [1.54, 1.807) is 36.4 Å². The fourth-order valence-electron chi connectivity index (χ4n) is 9.05. The van der Waals surface area contributed by atoms with Gasteiger partial charge in [-0.1, -0.05) is 294 Å². The molecular formula is C56H98MgO6S2. The van der Waals surface area contributed by atoms with Gasteiger partial charge in [0.15, 0.2) is 0 Å². The minimum atomic E-state index is -4.36. The van der Waals surface area contributed by atoms with Crippen molar-refractivity contribution in [2.75, 3.05) is 0 Å². The van der Waals surface area contributed by atoms with E-state index in [0.717, 1.165) is 25.7 Å². The largest absolute Gasteiger partial charge is 2.00 e. The van der Waals surface area contributed by atoms with Crippen molar-refractivity contribution >= 4 is 43.3 Å². The summed E-state index contributed by atoms with van der Waals surface area (Å²) in [6.45, 7) is 4.56. The molecule has 0 fully saturated rings. The Bertz CT molecular complexity index is 1430. The summed E-state index contributed by atoms with van der Waals surface area (Å²) in [5.74, 6) is 0. The Labute approximate surface area is 419 Å². The molecule has 0 heterocycles. The first-order chi connectivity index (χ1) is 31.1. The summed E-state index contributed by atoms with van der Waals surface area (Å²) >= 11 is 0. The van der Waals surface area contributed by atoms with E-state index in [-0.39, 0.29) is 32.8 Å². The van der Waals surface area contributed by atoms with Gasteiger partial charge < -0.3 is 9.11 Å². The predicted octanol–water partition coefficient (Wildman–Crippen LogP) is 17.5. The van der Waals surface area contributed by atoms with Crippen molar-refractivity contribution in [2.24, 2.45) is 0 Å². The molecule has 0 amide bonds. The molecule has 0 spiro atoms. The van der Waals surface area contributed by atoms with Gasteiger partial charge in [0.1, 0.15) is 20.2 Å². The van der Waals surface area contributed by atoms with Crippen LogP contribution in [0.3, 0.4) is 0 Å². The average Bonchev–Trinajstić information content (AvgIpc) is 3.27. The zero-order valence-corrected chi connectivity index (χ0v) is 45.3. The van der Waals surface area contributed by atoms with Crippen LogP contribution in [0.2, 0.25) is 0 Å². The molecule has 0 N–H and O–H groups in total. The SMILES string of the molecule is CCCCCCCCCCCCCCCCCCCCCCc1ccccc1S(=O)(=O)[O-].CCCCCCCCCCCCCCCCCCCCCCc1ccccc1S(=O)(=O)[O-].[Mg+2]. The van der Waals surface area contributed by atoms with Crippen molar-refractivity contribution in [1.29, 1.82) is 0 Å². The maximum atomic E-state index is 11.3. The van der Waals surface area contributed by atoms with Gasteiger partial charge >= 0.3 is 23.1 Å². The van der Waals surface area contributed by atoms with E-state index in [0.29, 0.717) is 24.0 Å². The van der Waals surface area contributed by atoms with Gasteiger partial charge in [-0.05, 0) is 48.9 Å². The first-order valence-corrected chi connectivity index (χ1v) is 30.0. The molecule has 0 aliphatic heterocycles. The van der Waals surface area contributed by atoms with Crippen LogP contribution in [0.25, 0.3) is 0 Å². The van der Waals surface area contributed by atoms with Gasteiger partial charge in [0.2, 0.25) is 0 Å². The Morgan fingerprint density at radius 1 is 0.292 bits per heavy atom. The summed E-state index contributed by atoms with van der Waals surface area (Å²) in [4.78, 5) is -0.0874. The summed E-state index contributed by atoms with van der Waals surface area (Å²) in [5.41, 5.74) is 1.34. The molecule has 0 atom stereocenters. The van der Waals surface area contributed by atoms with Gasteiger partial charge in [0, 0.05) is 0 Å². The molecule has 9 heteroatoms. The van der Waals surface area contributed by atoms with Crippen LogP contribution < -0.4 is 0 Å². The molecule has 0 unspecified atom stereocenters. The third-order valence-corrected chi connectivity index (χ3v) is 15.0. The fourth-order valence-corrected chi connectivity index (χ4v) is 10.5. The first kappa shape index (κ1) is 64.0. The second-order valence-electron chi connectivity index (χ2n) is 19.1. The van der Waals surface area contributed by atoms with Crippen LogP contribution in [0.4, 0.5) is 0 Å². The second kappa shape index (κ2) is 45.5. The van der Waals surface area contributed by atoms with Crippen LogP contribution in [0.1, 0.15) is 282 Å². The van der Waals surface area contributed by atoms with Crippen molar-refractivity contribution in [3.63, 3.8) is 0 Å². The van der Waals surface area contributed by atoms with Crippen molar-refractivity contribution in [2.45, 2.75) is 293 Å². The number of hydrogen-bond donors (Lipinski definition) is 0. The number of rotatable bonds is 44. The van der Waals surface area contributed by atoms with Crippen LogP contribution in [0.5, 0.6) is 0 Å². The third kappa shape index (κ3) is 39.6. The number of hydrogen-bond acceptors (Lipinski definition) is 6. The summed E-state index contributed by atoms with van der Waals surface area (Å²) < 4.78 is 67.8. The van der Waals surface area contributed by atoms with Crippen molar-refractivity contribution in [1.82, 2.24) is 0 Å². The van der Waals surface area contributed by atoms with Gasteiger partial charge in [-0.3, -0.25) is 0 Å². The molecule has 2 aromatic rings. The smallest absolute Gasteiger partial charge is 0.744 e. The van der Waals surface area contributed by atoms with Crippen LogP contribution in [-0.4, -0.2) is 49.0 Å². The fraction of sp³-hybridized carbons (Fsp3) is 0.786. The molecule has 0 saturated heterocycles. The zero-order chi connectivity index (χ0) is 46.7. The Hall–Kier alpha value is -0.974. The van der Waals surface area contributed by atoms with Gasteiger partial charge in [0.05, 0.1) is 9.79 Å². The molecule has 65 heavy (non-hydrogen) atoms. The predicted molar refractivity (Wildman–Crippen MR) is 278 cm³/mol. The van der Waals surface area contributed by atoms with Crippen molar-refractivity contribution < 1.29 is 25.9 Å². The van der Waals surface area contributed by atoms with E-state index < -0.39 is 20.2 Å². The summed E-state index contributed by atoms with van der Waals surface area (Å²) in [6.07, 6.45) is 55.3. The summed E-state index contributed by atoms with van der Waals surface area (Å²) in [7, 11) is -8.72. The Balaban J connectivity index is 0.00000124. The van der Waals surface area contributed by atoms with Crippen LogP contribution in [0.15, 0.2) is 58.3 Å². The number of unbranched alkanes of at least 4 members (excludes halogenated alkanes) is 38. The molecule has 0 bridgehead atoms. The second-order valence-corrected chi connectivity index (χ2v) is 21.8. The molecule has 372 valence electrons. The minimum absolute atomic E-state index is 0. The average molecular weight is 956 g/mol. The molecule has 0 radical (unpaired) electrons. The van der Waals surface area contributed by atoms with Crippen LogP contribution in [-0.2, 0) is 33.1 Å². The normalized spacial score (nSPS) is 11.6. The molecule has 6 nitrogen and oxygen atoms in total. The summed E-state index contributed by atoms with van der Waals surface area (Å²) in [5, 5.41) is 0. The molecular weight excluding hydrogens is 857 g/mol. The number of aryl methyl sites for hydroxylation is 2. The molecule has 0 saturated carbocycles. The van der Waals surface area contributed by atoms with E-state index in [1.165, 1.54) is 243 Å². The summed E-state index contributed by atoms with van der Waals surface area (Å²) in [6, 6.07) is 13.2. The van der Waals surface area contributed by atoms with Gasteiger partial charge in [0.25, 0.3) is 0 Å². The van der Waals surface area contributed by atoms with E-state index in [9.17, 15) is 25.9 Å². The van der Waals surface area contributed by atoms with E-state index in [4.69, 9.17) is 0 Å². The molecule has 2 aromatic carbocycles. The van der Waals surface area contributed by atoms with E-state index in [2.05, 4.69) is 13.8 Å². The Morgan fingerprint density at radius 3 is 0.646 bits per heavy atom. The van der Waals surface area contributed by atoms with E-state index >= 15 is 0 Å². The maximum Gasteiger partial charge on any atom is 2.00 e. The Morgan fingerprint density at radius 2 is 0.462 bits per heavy atom. The maximum absolute atomic E-state index is 11.3. The molecule has 0 aliphatic rings. The van der Waals surface area contributed by atoms with Crippen molar-refractivity contribution in [3.8, 4) is 0 Å². The zero-order valence-electron chi connectivity index (χ0n) is 42.3. The quantitative estimate of drug-likeness (QED) is 0.0371. The van der Waals surface area contributed by atoms with Gasteiger partial charge in [-0.2, -0.15) is 0 Å². The Kier molecular flexibility index (Phi) is 44.8. The topological polar surface area (TPSA) is 114 Å². The van der Waals surface area contributed by atoms with Crippen molar-refractivity contribution in [3.05, 3.63) is 59.7 Å². The van der Waals surface area contributed by atoms with E-state index in [1.807, 2.05) is 0 Å². The molecule has 2 rings (SSSR count). The van der Waals surface area contributed by atoms with Crippen LogP contribution >= 0.6 is 0 Å². The molecule has 0 aliphatic carbocycles. The monoisotopic (exact) mass is 955 g/mol. The van der Waals surface area contributed by atoms with Crippen LogP contribution in [0, 0.1) is 0 Å². The van der Waals surface area contributed by atoms with Gasteiger partial charge in [-0.15, -0.1) is 0 Å². The first-order valence-electron chi connectivity index (χ1n) is 27.2. The third-order valence-electron chi connectivity index (χ3n) is 13.1. The minimum Gasteiger partial charge on any atom is -0.744 e. The molecule has 0 aromatic heterocycles. The standard InChI is InChI=1S/2C28H50O3S.Mg/c2*1-2-3-4-5-6-7-8-9-10-11-12-13-14-15-16-17-18-19-20-21-24-27-25-22-23-26-28(27)32(29,30)31;/h2*22-23,25-26H,2-21,24H2,1H3,(H,29,30,31);/q;;+2/p-2. The number of benzene rings is 2.